The van der Waals surface area contributed by atoms with Gasteiger partial charge < -0.3 is 10.2 Å². The Balaban J connectivity index is 1.87. The van der Waals surface area contributed by atoms with Crippen LogP contribution in [-0.4, -0.2) is 34.6 Å². The van der Waals surface area contributed by atoms with E-state index in [1.807, 2.05) is 50.2 Å². The molecule has 0 saturated carbocycles. The van der Waals surface area contributed by atoms with Crippen molar-refractivity contribution in [2.24, 2.45) is 0 Å². The number of rotatable bonds is 12. The van der Waals surface area contributed by atoms with Crippen molar-refractivity contribution < 1.29 is 9.59 Å². The third-order valence-corrected chi connectivity index (χ3v) is 7.97. The van der Waals surface area contributed by atoms with E-state index >= 15 is 0 Å². The number of thioether (sulfide) groups is 1. The number of amides is 2. The van der Waals surface area contributed by atoms with Gasteiger partial charge in [0.2, 0.25) is 11.8 Å². The molecule has 0 heterocycles. The molecule has 3 rings (SSSR count). The fourth-order valence-electron chi connectivity index (χ4n) is 3.86. The summed E-state index contributed by atoms with van der Waals surface area (Å²) in [4.78, 5) is 30.1. The van der Waals surface area contributed by atoms with Gasteiger partial charge in [-0.05, 0) is 55.7 Å². The van der Waals surface area contributed by atoms with Crippen LogP contribution in [0.25, 0.3) is 0 Å². The lowest BCUT2D eigenvalue weighted by atomic mass is 10.0. The summed E-state index contributed by atoms with van der Waals surface area (Å²) in [7, 11) is 0. The summed E-state index contributed by atoms with van der Waals surface area (Å²) in [6.07, 6.45) is 1.53. The molecule has 0 bridgehead atoms. The van der Waals surface area contributed by atoms with Crippen LogP contribution in [-0.2, 0) is 22.6 Å². The van der Waals surface area contributed by atoms with Crippen LogP contribution in [0.3, 0.4) is 0 Å². The van der Waals surface area contributed by atoms with Crippen LogP contribution in [0.5, 0.6) is 0 Å². The number of aryl methyl sites for hydroxylation is 1. The molecule has 7 heteroatoms. The molecular formula is C30H34Cl2N2O2S. The van der Waals surface area contributed by atoms with Crippen molar-refractivity contribution in [1.82, 2.24) is 10.2 Å². The zero-order chi connectivity index (χ0) is 26.8. The minimum atomic E-state index is -0.664. The summed E-state index contributed by atoms with van der Waals surface area (Å²) in [6, 6.07) is 22.7. The number of halogens is 2. The average molecular weight is 558 g/mol. The second-order valence-electron chi connectivity index (χ2n) is 9.21. The van der Waals surface area contributed by atoms with Gasteiger partial charge in [-0.1, -0.05) is 84.2 Å². The van der Waals surface area contributed by atoms with Crippen molar-refractivity contribution in [2.45, 2.75) is 63.6 Å². The monoisotopic (exact) mass is 556 g/mol. The molecule has 0 aromatic heterocycles. The van der Waals surface area contributed by atoms with Crippen molar-refractivity contribution in [3.05, 3.63) is 99.5 Å². The van der Waals surface area contributed by atoms with E-state index in [9.17, 15) is 9.59 Å². The van der Waals surface area contributed by atoms with Gasteiger partial charge in [-0.15, -0.1) is 11.8 Å². The molecule has 4 nitrogen and oxygen atoms in total. The van der Waals surface area contributed by atoms with Crippen LogP contribution < -0.4 is 5.32 Å². The lowest BCUT2D eigenvalue weighted by molar-refractivity contribution is -0.141. The molecule has 196 valence electrons. The number of hydrogen-bond acceptors (Lipinski definition) is 3. The summed E-state index contributed by atoms with van der Waals surface area (Å²) in [5.41, 5.74) is 3.01. The van der Waals surface area contributed by atoms with Crippen LogP contribution in [0.2, 0.25) is 10.0 Å². The number of carbonyl (C=O) groups is 2. The molecule has 0 aliphatic rings. The number of nitrogens with zero attached hydrogens (tertiary/aromatic N) is 1. The predicted octanol–water partition coefficient (Wildman–Crippen LogP) is 7.34. The minimum Gasteiger partial charge on any atom is -0.352 e. The molecule has 1 N–H and O–H groups in total. The van der Waals surface area contributed by atoms with E-state index in [2.05, 4.69) is 36.5 Å². The third-order valence-electron chi connectivity index (χ3n) is 6.21. The molecular weight excluding hydrogens is 523 g/mol. The average Bonchev–Trinajstić information content (AvgIpc) is 2.89. The fraction of sp³-hybridized carbons (Fsp3) is 0.333. The quantitative estimate of drug-likeness (QED) is 0.237. The maximum atomic E-state index is 13.7. The number of benzene rings is 3. The smallest absolute Gasteiger partial charge is 0.243 e. The van der Waals surface area contributed by atoms with Crippen LogP contribution in [0.15, 0.2) is 77.7 Å². The topological polar surface area (TPSA) is 49.4 Å². The van der Waals surface area contributed by atoms with E-state index in [0.717, 1.165) is 22.4 Å². The van der Waals surface area contributed by atoms with Gasteiger partial charge in [0.1, 0.15) is 6.04 Å². The first-order valence-corrected chi connectivity index (χ1v) is 14.3. The van der Waals surface area contributed by atoms with E-state index in [0.29, 0.717) is 28.6 Å². The number of nitrogens with one attached hydrogen (secondary N) is 1. The summed E-state index contributed by atoms with van der Waals surface area (Å²) in [5.74, 6) is 0.383. The highest BCUT2D eigenvalue weighted by Crippen LogP contribution is 2.25. The zero-order valence-electron chi connectivity index (χ0n) is 21.5. The van der Waals surface area contributed by atoms with Gasteiger partial charge in [-0.3, -0.25) is 9.59 Å². The van der Waals surface area contributed by atoms with E-state index in [4.69, 9.17) is 23.2 Å². The third kappa shape index (κ3) is 9.10. The van der Waals surface area contributed by atoms with Crippen molar-refractivity contribution in [3.8, 4) is 0 Å². The van der Waals surface area contributed by atoms with Crippen molar-refractivity contribution in [2.75, 3.05) is 5.75 Å². The second-order valence-corrected chi connectivity index (χ2v) is 11.2. The van der Waals surface area contributed by atoms with E-state index in [1.54, 1.807) is 28.8 Å². The summed E-state index contributed by atoms with van der Waals surface area (Å²) in [5, 5.41) is 3.97. The molecule has 0 fully saturated rings. The van der Waals surface area contributed by atoms with E-state index < -0.39 is 6.04 Å². The normalized spacial score (nSPS) is 12.6. The first-order valence-electron chi connectivity index (χ1n) is 12.5. The second kappa shape index (κ2) is 14.5. The van der Waals surface area contributed by atoms with Gasteiger partial charge in [0.15, 0.2) is 0 Å². The first-order chi connectivity index (χ1) is 17.8. The Kier molecular flexibility index (Phi) is 11.4. The van der Waals surface area contributed by atoms with Gasteiger partial charge in [-0.2, -0.15) is 0 Å². The Morgan fingerprint density at radius 1 is 0.946 bits per heavy atom. The lowest BCUT2D eigenvalue weighted by Crippen LogP contribution is -2.52. The molecule has 2 amide bonds. The highest BCUT2D eigenvalue weighted by Gasteiger charge is 2.30. The molecule has 0 aliphatic heterocycles. The Morgan fingerprint density at radius 3 is 2.30 bits per heavy atom. The molecule has 0 spiro atoms. The minimum absolute atomic E-state index is 0.00444. The molecule has 0 unspecified atom stereocenters. The summed E-state index contributed by atoms with van der Waals surface area (Å²) >= 11 is 14.0. The van der Waals surface area contributed by atoms with Crippen LogP contribution in [0.4, 0.5) is 0 Å². The predicted molar refractivity (Wildman–Crippen MR) is 155 cm³/mol. The Morgan fingerprint density at radius 2 is 1.65 bits per heavy atom. The number of hydrogen-bond donors (Lipinski definition) is 1. The van der Waals surface area contributed by atoms with Crippen molar-refractivity contribution in [3.63, 3.8) is 0 Å². The largest absolute Gasteiger partial charge is 0.352 e. The molecule has 0 radical (unpaired) electrons. The first kappa shape index (κ1) is 29.1. The Hall–Kier alpha value is -2.47. The van der Waals surface area contributed by atoms with Gasteiger partial charge in [0.25, 0.3) is 0 Å². The number of carbonyl (C=O) groups excluding carboxylic acids is 2. The summed E-state index contributed by atoms with van der Waals surface area (Å²) in [6.45, 7) is 6.31. The van der Waals surface area contributed by atoms with Crippen LogP contribution in [0, 0.1) is 6.92 Å². The molecule has 0 aliphatic carbocycles. The summed E-state index contributed by atoms with van der Waals surface area (Å²) < 4.78 is 0. The molecule has 3 aromatic carbocycles. The Labute approximate surface area is 234 Å². The van der Waals surface area contributed by atoms with E-state index in [1.165, 1.54) is 5.56 Å². The van der Waals surface area contributed by atoms with Crippen LogP contribution in [0.1, 0.15) is 43.4 Å². The zero-order valence-corrected chi connectivity index (χ0v) is 23.9. The van der Waals surface area contributed by atoms with E-state index in [-0.39, 0.29) is 24.4 Å². The standard InChI is InChI=1S/C30H34Cl2N2O2S/c1-4-22(3)33-30(36)28(19-23-8-6-5-7-9-23)34(20-24-12-15-26(31)27(32)18-24)29(35)16-17-37-25-13-10-21(2)11-14-25/h5-15,18,22,28H,4,16-17,19-20H2,1-3H3,(H,33,36)/t22-,28+/m1/s1. The van der Waals surface area contributed by atoms with Crippen LogP contribution >= 0.6 is 35.0 Å². The lowest BCUT2D eigenvalue weighted by Gasteiger charge is -2.32. The van der Waals surface area contributed by atoms with Gasteiger partial charge in [0, 0.05) is 36.1 Å². The molecule has 2 atom stereocenters. The van der Waals surface area contributed by atoms with Gasteiger partial charge in [0.05, 0.1) is 10.0 Å². The Bertz CT molecular complexity index is 1170. The maximum Gasteiger partial charge on any atom is 0.243 e. The highest BCUT2D eigenvalue weighted by atomic mass is 35.5. The fourth-order valence-corrected chi connectivity index (χ4v) is 5.03. The molecule has 3 aromatic rings. The SMILES string of the molecule is CC[C@@H](C)NC(=O)[C@H](Cc1ccccc1)N(Cc1ccc(Cl)c(Cl)c1)C(=O)CCSc1ccc(C)cc1. The van der Waals surface area contributed by atoms with Gasteiger partial charge in [-0.25, -0.2) is 0 Å². The van der Waals surface area contributed by atoms with Crippen molar-refractivity contribution >= 4 is 46.8 Å². The maximum absolute atomic E-state index is 13.7. The molecule has 0 saturated heterocycles. The van der Waals surface area contributed by atoms with Crippen molar-refractivity contribution in [1.29, 1.82) is 0 Å². The molecule has 37 heavy (non-hydrogen) atoms. The van der Waals surface area contributed by atoms with Gasteiger partial charge >= 0.3 is 0 Å². The highest BCUT2D eigenvalue weighted by molar-refractivity contribution is 7.99.